The van der Waals surface area contributed by atoms with Gasteiger partial charge in [0.2, 0.25) is 11.8 Å². The van der Waals surface area contributed by atoms with Gasteiger partial charge in [-0.15, -0.1) is 0 Å². The van der Waals surface area contributed by atoms with Crippen LogP contribution in [0.4, 0.5) is 0 Å². The van der Waals surface area contributed by atoms with Crippen LogP contribution in [0.3, 0.4) is 0 Å². The fourth-order valence-electron chi connectivity index (χ4n) is 3.80. The van der Waals surface area contributed by atoms with E-state index in [2.05, 4.69) is 9.88 Å². The van der Waals surface area contributed by atoms with Crippen LogP contribution in [0.25, 0.3) is 0 Å². The van der Waals surface area contributed by atoms with Crippen LogP contribution < -0.4 is 0 Å². The number of likely N-dealkylation sites (N-methyl/N-ethyl adjacent to an activating group) is 1. The number of aromatic nitrogens is 1. The Kier molecular flexibility index (Phi) is 4.94. The van der Waals surface area contributed by atoms with Crippen molar-refractivity contribution < 1.29 is 9.59 Å². The van der Waals surface area contributed by atoms with Gasteiger partial charge in [-0.3, -0.25) is 14.6 Å². The van der Waals surface area contributed by atoms with E-state index in [1.54, 1.807) is 17.3 Å². The van der Waals surface area contributed by atoms with E-state index < -0.39 is 0 Å². The topological polar surface area (TPSA) is 53.5 Å². The molecule has 0 radical (unpaired) electrons. The molecular formula is C18H25N3O2. The summed E-state index contributed by atoms with van der Waals surface area (Å²) in [5, 5.41) is 0. The quantitative estimate of drug-likeness (QED) is 0.833. The third-order valence-electron chi connectivity index (χ3n) is 5.07. The van der Waals surface area contributed by atoms with E-state index >= 15 is 0 Å². The molecule has 0 unspecified atom stereocenters. The van der Waals surface area contributed by atoms with Gasteiger partial charge >= 0.3 is 0 Å². The van der Waals surface area contributed by atoms with Gasteiger partial charge in [0.25, 0.3) is 0 Å². The maximum Gasteiger partial charge on any atom is 0.226 e. The van der Waals surface area contributed by atoms with Crippen LogP contribution in [0.15, 0.2) is 24.5 Å². The van der Waals surface area contributed by atoms with Crippen molar-refractivity contribution in [2.45, 2.75) is 44.6 Å². The van der Waals surface area contributed by atoms with Crippen LogP contribution in [0, 0.1) is 5.92 Å². The molecule has 124 valence electrons. The molecule has 2 aliphatic rings. The number of likely N-dealkylation sites (tertiary alicyclic amines) is 1. The first-order chi connectivity index (χ1) is 11.1. The molecule has 0 bridgehead atoms. The van der Waals surface area contributed by atoms with E-state index in [1.165, 1.54) is 12.8 Å². The van der Waals surface area contributed by atoms with E-state index in [9.17, 15) is 9.59 Å². The van der Waals surface area contributed by atoms with Gasteiger partial charge in [-0.1, -0.05) is 12.8 Å². The zero-order valence-electron chi connectivity index (χ0n) is 13.8. The highest BCUT2D eigenvalue weighted by atomic mass is 16.2. The summed E-state index contributed by atoms with van der Waals surface area (Å²) >= 11 is 0. The molecule has 23 heavy (non-hydrogen) atoms. The Morgan fingerprint density at radius 2 is 2.00 bits per heavy atom. The molecule has 2 fully saturated rings. The fourth-order valence-corrected chi connectivity index (χ4v) is 3.80. The number of pyridine rings is 1. The van der Waals surface area contributed by atoms with E-state index in [4.69, 9.17) is 0 Å². The number of carbonyl (C=O) groups is 2. The van der Waals surface area contributed by atoms with Gasteiger partial charge in [-0.25, -0.2) is 0 Å². The molecule has 1 saturated heterocycles. The minimum absolute atomic E-state index is 0.1000. The summed E-state index contributed by atoms with van der Waals surface area (Å²) in [5.41, 5.74) is 0.979. The fraction of sp³-hybridized carbons (Fsp3) is 0.611. The zero-order valence-corrected chi connectivity index (χ0v) is 13.8. The van der Waals surface area contributed by atoms with Crippen molar-refractivity contribution in [3.05, 3.63) is 30.1 Å². The highest BCUT2D eigenvalue weighted by Gasteiger charge is 2.36. The Morgan fingerprint density at radius 3 is 2.70 bits per heavy atom. The average molecular weight is 315 g/mol. The summed E-state index contributed by atoms with van der Waals surface area (Å²) in [6, 6.07) is 4.18. The van der Waals surface area contributed by atoms with Crippen molar-refractivity contribution in [3.63, 3.8) is 0 Å². The van der Waals surface area contributed by atoms with Crippen molar-refractivity contribution in [2.24, 2.45) is 5.92 Å². The third-order valence-corrected chi connectivity index (χ3v) is 5.07. The molecule has 1 aliphatic carbocycles. The molecule has 5 heteroatoms. The van der Waals surface area contributed by atoms with Crippen LogP contribution in [-0.4, -0.2) is 52.8 Å². The molecule has 3 rings (SSSR count). The maximum atomic E-state index is 12.3. The molecule has 1 aliphatic heterocycles. The van der Waals surface area contributed by atoms with Gasteiger partial charge < -0.3 is 9.80 Å². The Hall–Kier alpha value is -1.91. The molecule has 0 aromatic carbocycles. The first-order valence-corrected chi connectivity index (χ1v) is 8.56. The Bertz CT molecular complexity index is 555. The lowest BCUT2D eigenvalue weighted by molar-refractivity contribution is -0.130. The number of amides is 2. The lowest BCUT2D eigenvalue weighted by Crippen LogP contribution is -2.36. The second-order valence-corrected chi connectivity index (χ2v) is 6.86. The molecule has 1 saturated carbocycles. The predicted molar refractivity (Wildman–Crippen MR) is 87.7 cm³/mol. The second-order valence-electron chi connectivity index (χ2n) is 6.86. The van der Waals surface area contributed by atoms with E-state index in [0.29, 0.717) is 25.4 Å². The molecule has 1 aromatic heterocycles. The van der Waals surface area contributed by atoms with Crippen molar-refractivity contribution in [1.82, 2.24) is 14.8 Å². The predicted octanol–water partition coefficient (Wildman–Crippen LogP) is 1.87. The summed E-state index contributed by atoms with van der Waals surface area (Å²) in [4.78, 5) is 32.4. The summed E-state index contributed by atoms with van der Waals surface area (Å²) in [6.45, 7) is 1.48. The van der Waals surface area contributed by atoms with Crippen molar-refractivity contribution >= 4 is 11.8 Å². The lowest BCUT2D eigenvalue weighted by atomic mass is 10.1. The molecule has 2 heterocycles. The van der Waals surface area contributed by atoms with Crippen LogP contribution in [0.2, 0.25) is 0 Å². The van der Waals surface area contributed by atoms with Gasteiger partial charge in [0.15, 0.2) is 0 Å². The number of rotatable bonds is 5. The van der Waals surface area contributed by atoms with Gasteiger partial charge in [-0.05, 0) is 30.5 Å². The first kappa shape index (κ1) is 16.0. The lowest BCUT2D eigenvalue weighted by Gasteiger charge is -2.25. The number of hydrogen-bond acceptors (Lipinski definition) is 3. The molecule has 1 aromatic rings. The average Bonchev–Trinajstić information content (AvgIpc) is 3.17. The number of carbonyl (C=O) groups excluding carboxylic acids is 2. The summed E-state index contributed by atoms with van der Waals surface area (Å²) in [5.74, 6) is 0.648. The largest absolute Gasteiger partial charge is 0.345 e. The van der Waals surface area contributed by atoms with Crippen LogP contribution in [0.5, 0.6) is 0 Å². The summed E-state index contributed by atoms with van der Waals surface area (Å²) in [6.07, 6.45) is 9.17. The smallest absolute Gasteiger partial charge is 0.226 e. The molecule has 1 atom stereocenters. The minimum atomic E-state index is 0.1000. The van der Waals surface area contributed by atoms with Gasteiger partial charge in [0.1, 0.15) is 0 Å². The maximum absolute atomic E-state index is 12.3. The standard InChI is InChI=1S/C18H25N3O2/c1-20(17(22)10-14-6-8-19-9-7-14)12-15-11-18(23)21(13-15)16-4-2-3-5-16/h6-9,15-16H,2-5,10-13H2,1H3/t15-/m0/s1. The normalized spacial score (nSPS) is 21.9. The van der Waals surface area contributed by atoms with Crippen LogP contribution in [0.1, 0.15) is 37.7 Å². The third kappa shape index (κ3) is 3.89. The summed E-state index contributed by atoms with van der Waals surface area (Å²) in [7, 11) is 1.84. The molecule has 2 amide bonds. The van der Waals surface area contributed by atoms with Gasteiger partial charge in [0, 0.05) is 50.9 Å². The van der Waals surface area contributed by atoms with Gasteiger partial charge in [-0.2, -0.15) is 0 Å². The zero-order chi connectivity index (χ0) is 16.2. The van der Waals surface area contributed by atoms with E-state index in [-0.39, 0.29) is 17.7 Å². The van der Waals surface area contributed by atoms with Crippen molar-refractivity contribution in [2.75, 3.05) is 20.1 Å². The van der Waals surface area contributed by atoms with E-state index in [1.807, 2.05) is 19.2 Å². The monoisotopic (exact) mass is 315 g/mol. The Balaban J connectivity index is 1.51. The minimum Gasteiger partial charge on any atom is -0.345 e. The van der Waals surface area contributed by atoms with Crippen molar-refractivity contribution in [3.8, 4) is 0 Å². The SMILES string of the molecule is CN(C[C@@H]1CC(=O)N(C2CCCC2)C1)C(=O)Cc1ccncc1. The second kappa shape index (κ2) is 7.11. The number of nitrogens with zero attached hydrogens (tertiary/aromatic N) is 3. The van der Waals surface area contributed by atoms with E-state index in [0.717, 1.165) is 24.9 Å². The number of hydrogen-bond donors (Lipinski definition) is 0. The molecule has 0 spiro atoms. The van der Waals surface area contributed by atoms with Crippen LogP contribution in [-0.2, 0) is 16.0 Å². The molecule has 5 nitrogen and oxygen atoms in total. The Labute approximate surface area is 137 Å². The molecule has 0 N–H and O–H groups in total. The van der Waals surface area contributed by atoms with Crippen LogP contribution >= 0.6 is 0 Å². The van der Waals surface area contributed by atoms with Gasteiger partial charge in [0.05, 0.1) is 6.42 Å². The molecular weight excluding hydrogens is 290 g/mol. The Morgan fingerprint density at radius 1 is 1.30 bits per heavy atom. The first-order valence-electron chi connectivity index (χ1n) is 8.56. The van der Waals surface area contributed by atoms with Crippen molar-refractivity contribution in [1.29, 1.82) is 0 Å². The summed E-state index contributed by atoms with van der Waals surface area (Å²) < 4.78 is 0. The highest BCUT2D eigenvalue weighted by molar-refractivity contribution is 5.80. The highest BCUT2D eigenvalue weighted by Crippen LogP contribution is 2.29.